The van der Waals surface area contributed by atoms with Crippen molar-refractivity contribution in [3.63, 3.8) is 0 Å². The number of methoxy groups -OCH3 is 1. The Bertz CT molecular complexity index is 453. The van der Waals surface area contributed by atoms with Crippen LogP contribution in [0.5, 0.6) is 5.88 Å². The molecule has 2 heterocycles. The van der Waals surface area contributed by atoms with Crippen LogP contribution in [0, 0.1) is 6.92 Å². The zero-order chi connectivity index (χ0) is 9.42. The van der Waals surface area contributed by atoms with Gasteiger partial charge in [-0.2, -0.15) is 4.98 Å². The molecule has 68 valence electrons. The Balaban J connectivity index is 2.79. The third kappa shape index (κ3) is 1.23. The van der Waals surface area contributed by atoms with Crippen molar-refractivity contribution < 1.29 is 9.26 Å². The number of rotatable bonds is 1. The van der Waals surface area contributed by atoms with E-state index in [-0.39, 0.29) is 0 Å². The van der Waals surface area contributed by atoms with Crippen molar-refractivity contribution in [2.24, 2.45) is 0 Å². The highest BCUT2D eigenvalue weighted by atomic mass is 35.5. The highest BCUT2D eigenvalue weighted by Crippen LogP contribution is 2.28. The molecule has 0 amide bonds. The molecule has 0 unspecified atom stereocenters. The van der Waals surface area contributed by atoms with Gasteiger partial charge in [0.25, 0.3) is 5.71 Å². The first-order valence-corrected chi connectivity index (χ1v) is 4.06. The van der Waals surface area contributed by atoms with Gasteiger partial charge in [0.05, 0.1) is 23.2 Å². The maximum atomic E-state index is 5.97. The molecule has 0 N–H and O–H groups in total. The quantitative estimate of drug-likeness (QED) is 0.705. The molecule has 0 radical (unpaired) electrons. The number of halogens is 1. The lowest BCUT2D eigenvalue weighted by Gasteiger charge is -1.98. The van der Waals surface area contributed by atoms with E-state index in [2.05, 4.69) is 10.1 Å². The normalized spacial score (nSPS) is 10.7. The number of nitrogens with zero attached hydrogens (tertiary/aromatic N) is 2. The molecule has 0 spiro atoms. The van der Waals surface area contributed by atoms with E-state index in [0.29, 0.717) is 16.6 Å². The number of hydrogen-bond acceptors (Lipinski definition) is 4. The Hall–Kier alpha value is -1.29. The van der Waals surface area contributed by atoms with Gasteiger partial charge >= 0.3 is 0 Å². The lowest BCUT2D eigenvalue weighted by molar-refractivity contribution is 0.390. The van der Waals surface area contributed by atoms with Crippen LogP contribution in [-0.2, 0) is 0 Å². The van der Waals surface area contributed by atoms with E-state index in [1.807, 2.05) is 6.92 Å². The summed E-state index contributed by atoms with van der Waals surface area (Å²) < 4.78 is 9.88. The first-order chi connectivity index (χ1) is 6.22. The van der Waals surface area contributed by atoms with Crippen LogP contribution < -0.4 is 4.74 Å². The van der Waals surface area contributed by atoms with Crippen LogP contribution in [0.4, 0.5) is 0 Å². The fourth-order valence-corrected chi connectivity index (χ4v) is 1.44. The SMILES string of the molecule is COc1cc(Cl)c2c(C)noc2n1. The highest BCUT2D eigenvalue weighted by Gasteiger charge is 2.11. The molecule has 0 saturated carbocycles. The second-order valence-electron chi connectivity index (χ2n) is 2.59. The molecule has 0 aliphatic rings. The molecule has 0 saturated heterocycles. The van der Waals surface area contributed by atoms with Gasteiger partial charge in [-0.15, -0.1) is 0 Å². The van der Waals surface area contributed by atoms with E-state index in [0.717, 1.165) is 11.1 Å². The fraction of sp³-hybridized carbons (Fsp3) is 0.250. The van der Waals surface area contributed by atoms with Crippen molar-refractivity contribution in [1.29, 1.82) is 0 Å². The number of aromatic nitrogens is 2. The second kappa shape index (κ2) is 2.88. The topological polar surface area (TPSA) is 48.2 Å². The van der Waals surface area contributed by atoms with Crippen molar-refractivity contribution in [3.05, 3.63) is 16.8 Å². The van der Waals surface area contributed by atoms with Crippen LogP contribution in [0.15, 0.2) is 10.6 Å². The minimum absolute atomic E-state index is 0.404. The van der Waals surface area contributed by atoms with Gasteiger partial charge in [-0.25, -0.2) is 0 Å². The molecule has 0 aliphatic carbocycles. The molecule has 2 aromatic rings. The number of aryl methyl sites for hydroxylation is 1. The van der Waals surface area contributed by atoms with E-state index in [9.17, 15) is 0 Å². The zero-order valence-corrected chi connectivity index (χ0v) is 7.92. The fourth-order valence-electron chi connectivity index (χ4n) is 1.13. The summed E-state index contributed by atoms with van der Waals surface area (Å²) in [5, 5.41) is 5.04. The summed E-state index contributed by atoms with van der Waals surface area (Å²) in [6.07, 6.45) is 0. The lowest BCUT2D eigenvalue weighted by atomic mass is 10.3. The van der Waals surface area contributed by atoms with Crippen LogP contribution in [0.1, 0.15) is 5.69 Å². The molecule has 2 rings (SSSR count). The van der Waals surface area contributed by atoms with Crippen molar-refractivity contribution >= 4 is 22.7 Å². The highest BCUT2D eigenvalue weighted by molar-refractivity contribution is 6.35. The maximum absolute atomic E-state index is 5.97. The Kier molecular flexibility index (Phi) is 1.84. The largest absolute Gasteiger partial charge is 0.481 e. The first kappa shape index (κ1) is 8.31. The summed E-state index contributed by atoms with van der Waals surface area (Å²) in [5.74, 6) is 0.425. The van der Waals surface area contributed by atoms with Gasteiger partial charge in [-0.1, -0.05) is 16.8 Å². The van der Waals surface area contributed by atoms with Crippen LogP contribution in [0.25, 0.3) is 11.1 Å². The predicted molar refractivity (Wildman–Crippen MR) is 48.1 cm³/mol. The maximum Gasteiger partial charge on any atom is 0.262 e. The van der Waals surface area contributed by atoms with Crippen LogP contribution in [0.2, 0.25) is 5.02 Å². The second-order valence-corrected chi connectivity index (χ2v) is 3.00. The number of pyridine rings is 1. The third-order valence-electron chi connectivity index (χ3n) is 1.75. The number of ether oxygens (including phenoxy) is 1. The predicted octanol–water partition coefficient (Wildman–Crippen LogP) is 2.19. The minimum atomic E-state index is 0.404. The molecule has 0 fully saturated rings. The van der Waals surface area contributed by atoms with E-state index in [1.54, 1.807) is 6.07 Å². The lowest BCUT2D eigenvalue weighted by Crippen LogP contribution is -1.87. The molecule has 5 heteroatoms. The molecule has 0 atom stereocenters. The van der Waals surface area contributed by atoms with E-state index in [4.69, 9.17) is 20.9 Å². The average Bonchev–Trinajstić information content (AvgIpc) is 2.48. The molecular formula is C8H7ClN2O2. The smallest absolute Gasteiger partial charge is 0.262 e. The first-order valence-electron chi connectivity index (χ1n) is 3.69. The third-order valence-corrected chi connectivity index (χ3v) is 2.05. The Morgan fingerprint density at radius 3 is 3.00 bits per heavy atom. The monoisotopic (exact) mass is 198 g/mol. The number of fused-ring (bicyclic) bond motifs is 1. The van der Waals surface area contributed by atoms with E-state index in [1.165, 1.54) is 7.11 Å². The van der Waals surface area contributed by atoms with Crippen molar-refractivity contribution in [1.82, 2.24) is 10.1 Å². The molecule has 13 heavy (non-hydrogen) atoms. The Morgan fingerprint density at radius 2 is 2.31 bits per heavy atom. The summed E-state index contributed by atoms with van der Waals surface area (Å²) in [5.41, 5.74) is 1.14. The number of hydrogen-bond donors (Lipinski definition) is 0. The van der Waals surface area contributed by atoms with E-state index < -0.39 is 0 Å². The average molecular weight is 199 g/mol. The van der Waals surface area contributed by atoms with E-state index >= 15 is 0 Å². The van der Waals surface area contributed by atoms with Gasteiger partial charge < -0.3 is 9.26 Å². The van der Waals surface area contributed by atoms with Crippen molar-refractivity contribution in [2.45, 2.75) is 6.92 Å². The minimum Gasteiger partial charge on any atom is -0.481 e. The van der Waals surface area contributed by atoms with Gasteiger partial charge in [0, 0.05) is 6.07 Å². The van der Waals surface area contributed by atoms with Crippen LogP contribution in [0.3, 0.4) is 0 Å². The van der Waals surface area contributed by atoms with Gasteiger partial charge in [0.15, 0.2) is 0 Å². The summed E-state index contributed by atoms with van der Waals surface area (Å²) >= 11 is 5.97. The Labute approximate surface area is 79.4 Å². The zero-order valence-electron chi connectivity index (χ0n) is 7.17. The van der Waals surface area contributed by atoms with Crippen LogP contribution in [-0.4, -0.2) is 17.3 Å². The van der Waals surface area contributed by atoms with Crippen molar-refractivity contribution in [2.75, 3.05) is 7.11 Å². The van der Waals surface area contributed by atoms with Gasteiger partial charge in [-0.05, 0) is 6.92 Å². The van der Waals surface area contributed by atoms with Gasteiger partial charge in [0.1, 0.15) is 0 Å². The summed E-state index contributed by atoms with van der Waals surface area (Å²) in [4.78, 5) is 4.04. The standard InChI is InChI=1S/C8H7ClN2O2/c1-4-7-5(9)3-6(12-2)10-8(7)13-11-4/h3H,1-2H3. The van der Waals surface area contributed by atoms with Gasteiger partial charge in [0.2, 0.25) is 5.88 Å². The molecule has 0 aliphatic heterocycles. The van der Waals surface area contributed by atoms with Crippen LogP contribution >= 0.6 is 11.6 Å². The van der Waals surface area contributed by atoms with Gasteiger partial charge in [-0.3, -0.25) is 0 Å². The summed E-state index contributed by atoms with van der Waals surface area (Å²) in [6, 6.07) is 1.63. The molecule has 4 nitrogen and oxygen atoms in total. The molecule has 2 aromatic heterocycles. The molecular weight excluding hydrogens is 192 g/mol. The molecule has 0 bridgehead atoms. The Morgan fingerprint density at radius 1 is 1.54 bits per heavy atom. The summed E-state index contributed by atoms with van der Waals surface area (Å²) in [7, 11) is 1.52. The van der Waals surface area contributed by atoms with Crippen molar-refractivity contribution in [3.8, 4) is 5.88 Å². The molecule has 0 aromatic carbocycles. The summed E-state index contributed by atoms with van der Waals surface area (Å²) in [6.45, 7) is 1.81.